The van der Waals surface area contributed by atoms with Gasteiger partial charge in [0.25, 0.3) is 0 Å². The third-order valence-corrected chi connectivity index (χ3v) is 3.17. The molecule has 0 spiro atoms. The first kappa shape index (κ1) is 9.48. The van der Waals surface area contributed by atoms with E-state index in [1.165, 1.54) is 0 Å². The lowest BCUT2D eigenvalue weighted by Gasteiger charge is -2.14. The largest absolute Gasteiger partial charge is 0.464 e. The number of rotatable bonds is 0. The molecule has 4 rings (SSSR count). The van der Waals surface area contributed by atoms with Crippen LogP contribution >= 0.6 is 0 Å². The van der Waals surface area contributed by atoms with E-state index in [1.54, 1.807) is 12.5 Å². The molecule has 2 heterocycles. The minimum Gasteiger partial charge on any atom is -0.464 e. The lowest BCUT2D eigenvalue weighted by molar-refractivity contribution is 0.342. The molecule has 0 saturated heterocycles. The van der Waals surface area contributed by atoms with Crippen molar-refractivity contribution >= 4 is 29.1 Å². The zero-order valence-corrected chi connectivity index (χ0v) is 9.46. The van der Waals surface area contributed by atoms with Crippen LogP contribution in [0.25, 0.3) is 22.9 Å². The zero-order valence-electron chi connectivity index (χ0n) is 9.46. The average molecular weight is 235 g/mol. The number of allylic oxidation sites excluding steroid dienone is 1. The fourth-order valence-corrected chi connectivity index (χ4v) is 2.40. The number of hydrogen-bond donors (Lipinski definition) is 0. The van der Waals surface area contributed by atoms with Crippen LogP contribution < -0.4 is 20.0 Å². The minimum atomic E-state index is 0.794. The van der Waals surface area contributed by atoms with E-state index in [4.69, 9.17) is 9.57 Å². The number of fused-ring (bicyclic) bond motifs is 6. The highest BCUT2D eigenvalue weighted by Gasteiger charge is 2.15. The molecule has 0 aromatic heterocycles. The van der Waals surface area contributed by atoms with E-state index in [0.717, 1.165) is 32.7 Å². The number of hydrogen-bond acceptors (Lipinski definition) is 3. The summed E-state index contributed by atoms with van der Waals surface area (Å²) in [6.07, 6.45) is 9.21. The van der Waals surface area contributed by atoms with E-state index in [2.05, 4.69) is 5.16 Å². The summed E-state index contributed by atoms with van der Waals surface area (Å²) < 4.78 is 5.67. The van der Waals surface area contributed by atoms with Crippen molar-refractivity contribution in [2.24, 2.45) is 5.16 Å². The molecule has 0 amide bonds. The molecule has 0 saturated carbocycles. The number of benzene rings is 2. The van der Waals surface area contributed by atoms with E-state index in [-0.39, 0.29) is 0 Å². The summed E-state index contributed by atoms with van der Waals surface area (Å²) in [5, 5.41) is 7.98. The molecule has 0 fully saturated rings. The van der Waals surface area contributed by atoms with E-state index < -0.39 is 0 Å². The highest BCUT2D eigenvalue weighted by atomic mass is 16.6. The maximum atomic E-state index is 5.67. The topological polar surface area (TPSA) is 30.8 Å². The van der Waals surface area contributed by atoms with E-state index in [1.807, 2.05) is 42.5 Å². The van der Waals surface area contributed by atoms with Gasteiger partial charge in [0.1, 0.15) is 5.75 Å². The summed E-state index contributed by atoms with van der Waals surface area (Å²) in [6.45, 7) is 0. The van der Waals surface area contributed by atoms with Gasteiger partial charge in [0, 0.05) is 21.2 Å². The van der Waals surface area contributed by atoms with Crippen LogP contribution in [-0.4, -0.2) is 6.21 Å². The van der Waals surface area contributed by atoms with Crippen molar-refractivity contribution in [3.8, 4) is 11.5 Å². The first-order valence-electron chi connectivity index (χ1n) is 5.74. The summed E-state index contributed by atoms with van der Waals surface area (Å²) in [6, 6.07) is 8.03. The molecule has 2 aromatic carbocycles. The third-order valence-electron chi connectivity index (χ3n) is 3.17. The summed E-state index contributed by atoms with van der Waals surface area (Å²) in [5.74, 6) is 1.67. The lowest BCUT2D eigenvalue weighted by Crippen LogP contribution is -2.30. The normalized spacial score (nSPS) is 14.9. The molecule has 2 aliphatic rings. The Morgan fingerprint density at radius 1 is 0.889 bits per heavy atom. The molecular weight excluding hydrogens is 226 g/mol. The predicted octanol–water partition coefficient (Wildman–Crippen LogP) is 1.69. The Bertz CT molecular complexity index is 761. The van der Waals surface area contributed by atoms with Gasteiger partial charge in [-0.15, -0.1) is 0 Å². The van der Waals surface area contributed by atoms with Crippen LogP contribution in [0.5, 0.6) is 11.5 Å². The van der Waals surface area contributed by atoms with Crippen molar-refractivity contribution in [3.63, 3.8) is 0 Å². The molecule has 3 nitrogen and oxygen atoms in total. The van der Waals surface area contributed by atoms with Crippen LogP contribution in [-0.2, 0) is 0 Å². The molecule has 0 aliphatic carbocycles. The Hall–Kier alpha value is -2.55. The predicted molar refractivity (Wildman–Crippen MR) is 71.0 cm³/mol. The van der Waals surface area contributed by atoms with E-state index >= 15 is 0 Å². The van der Waals surface area contributed by atoms with Crippen LogP contribution in [0.15, 0.2) is 41.8 Å². The van der Waals surface area contributed by atoms with Gasteiger partial charge in [0.05, 0.1) is 12.5 Å². The van der Waals surface area contributed by atoms with Crippen molar-refractivity contribution in [3.05, 3.63) is 47.0 Å². The van der Waals surface area contributed by atoms with E-state index in [9.17, 15) is 0 Å². The maximum absolute atomic E-state index is 5.67. The Kier molecular flexibility index (Phi) is 1.83. The smallest absolute Gasteiger partial charge is 0.173 e. The summed E-state index contributed by atoms with van der Waals surface area (Å²) in [4.78, 5) is 5.44. The molecule has 2 aromatic rings. The third kappa shape index (κ3) is 1.16. The zero-order chi connectivity index (χ0) is 11.9. The number of nitrogens with zero attached hydrogens (tertiary/aromatic N) is 1. The number of ether oxygens (including phenoxy) is 1. The molecular formula is C15H9NO2. The van der Waals surface area contributed by atoms with Crippen molar-refractivity contribution in [1.82, 2.24) is 0 Å². The molecule has 0 bridgehead atoms. The van der Waals surface area contributed by atoms with Crippen molar-refractivity contribution in [2.75, 3.05) is 0 Å². The fourth-order valence-electron chi connectivity index (χ4n) is 2.40. The van der Waals surface area contributed by atoms with Crippen LogP contribution in [0.4, 0.5) is 0 Å². The molecule has 0 unspecified atom stereocenters. The highest BCUT2D eigenvalue weighted by molar-refractivity contribution is 5.99. The first-order valence-corrected chi connectivity index (χ1v) is 5.74. The fraction of sp³-hybridized carbons (Fsp3) is 0. The molecule has 0 N–H and O–H groups in total. The van der Waals surface area contributed by atoms with Crippen LogP contribution in [0.3, 0.4) is 0 Å². The quantitative estimate of drug-likeness (QED) is 0.695. The Morgan fingerprint density at radius 2 is 1.67 bits per heavy atom. The van der Waals surface area contributed by atoms with Gasteiger partial charge in [-0.3, -0.25) is 0 Å². The van der Waals surface area contributed by atoms with Crippen LogP contribution in [0, 0.1) is 0 Å². The van der Waals surface area contributed by atoms with Gasteiger partial charge < -0.3 is 9.57 Å². The van der Waals surface area contributed by atoms with Crippen molar-refractivity contribution in [2.45, 2.75) is 0 Å². The maximum Gasteiger partial charge on any atom is 0.173 e. The van der Waals surface area contributed by atoms with Crippen LogP contribution in [0.2, 0.25) is 0 Å². The Morgan fingerprint density at radius 3 is 2.56 bits per heavy atom. The molecule has 0 atom stereocenters. The standard InChI is InChI=1S/C15H9NO2/c1-2-5-12-10(4-1)14-11(6-3-9-17-14)13-7-8-16-18-15(12)13/h1-9H. The van der Waals surface area contributed by atoms with Crippen molar-refractivity contribution in [1.29, 1.82) is 0 Å². The summed E-state index contributed by atoms with van der Waals surface area (Å²) >= 11 is 0. The Balaban J connectivity index is 2.34. The molecule has 2 aliphatic heterocycles. The second-order valence-electron chi connectivity index (χ2n) is 4.16. The second-order valence-corrected chi connectivity index (χ2v) is 4.16. The first-order chi connectivity index (χ1) is 8.95. The monoisotopic (exact) mass is 235 g/mol. The SMILES string of the molecule is C1=COc2c(c3c(c4ccccc24)ON=CC=3)=C1. The van der Waals surface area contributed by atoms with Gasteiger partial charge in [-0.25, -0.2) is 0 Å². The molecule has 86 valence electrons. The van der Waals surface area contributed by atoms with Gasteiger partial charge >= 0.3 is 0 Å². The van der Waals surface area contributed by atoms with Gasteiger partial charge in [0.15, 0.2) is 5.75 Å². The van der Waals surface area contributed by atoms with E-state index in [0.29, 0.717) is 0 Å². The summed E-state index contributed by atoms with van der Waals surface area (Å²) in [7, 11) is 0. The minimum absolute atomic E-state index is 0.794. The second kappa shape index (κ2) is 3.47. The van der Waals surface area contributed by atoms with Gasteiger partial charge in [-0.2, -0.15) is 0 Å². The lowest BCUT2D eigenvalue weighted by atomic mass is 10.0. The number of oxime groups is 1. The van der Waals surface area contributed by atoms with Crippen LogP contribution in [0.1, 0.15) is 0 Å². The molecule has 0 radical (unpaired) electrons. The Labute approximate surface area is 103 Å². The molecule has 18 heavy (non-hydrogen) atoms. The average Bonchev–Trinajstić information content (AvgIpc) is 2.48. The summed E-state index contributed by atoms with van der Waals surface area (Å²) in [5.41, 5.74) is 0. The molecule has 3 heteroatoms. The van der Waals surface area contributed by atoms with Gasteiger partial charge in [-0.05, 0) is 18.2 Å². The highest BCUT2D eigenvalue weighted by Crippen LogP contribution is 2.28. The van der Waals surface area contributed by atoms with Gasteiger partial charge in [-0.1, -0.05) is 29.4 Å². The van der Waals surface area contributed by atoms with Crippen molar-refractivity contribution < 1.29 is 9.57 Å². The van der Waals surface area contributed by atoms with Gasteiger partial charge in [0.2, 0.25) is 0 Å².